The number of amides is 1. The van der Waals surface area contributed by atoms with E-state index in [0.29, 0.717) is 63.2 Å². The molecule has 1 aromatic heterocycles. The molecule has 2 fully saturated rings. The van der Waals surface area contributed by atoms with E-state index in [9.17, 15) is 9.59 Å². The molecule has 1 amide bonds. The van der Waals surface area contributed by atoms with Gasteiger partial charge in [-0.2, -0.15) is 0 Å². The van der Waals surface area contributed by atoms with Crippen LogP contribution in [-0.4, -0.2) is 112 Å². The Bertz CT molecular complexity index is 890. The van der Waals surface area contributed by atoms with Crippen molar-refractivity contribution in [2.45, 2.75) is 52.6 Å². The molecule has 214 valence electrons. The number of ether oxygens (including phenoxy) is 4. The van der Waals surface area contributed by atoms with Crippen LogP contribution in [0.3, 0.4) is 0 Å². The van der Waals surface area contributed by atoms with Crippen molar-refractivity contribution in [3.8, 4) is 5.75 Å². The topological polar surface area (TPSA) is 93.7 Å². The molecule has 0 aliphatic carbocycles. The number of aromatic nitrogens is 1. The Hall–Kier alpha value is -2.43. The van der Waals surface area contributed by atoms with Gasteiger partial charge in [-0.1, -0.05) is 6.92 Å². The number of hydrogen-bond acceptors (Lipinski definition) is 9. The van der Waals surface area contributed by atoms with Gasteiger partial charge in [0.15, 0.2) is 5.78 Å². The van der Waals surface area contributed by atoms with E-state index < -0.39 is 5.60 Å². The molecule has 38 heavy (non-hydrogen) atoms. The molecule has 0 radical (unpaired) electrons. The molecule has 0 spiro atoms. The summed E-state index contributed by atoms with van der Waals surface area (Å²) in [5.41, 5.74) is 0.0578. The van der Waals surface area contributed by atoms with Crippen molar-refractivity contribution >= 4 is 17.7 Å². The Morgan fingerprint density at radius 1 is 1.00 bits per heavy atom. The largest absolute Gasteiger partial charge is 0.490 e. The van der Waals surface area contributed by atoms with E-state index in [2.05, 4.69) is 14.8 Å². The maximum absolute atomic E-state index is 12.4. The lowest BCUT2D eigenvalue weighted by Crippen LogP contribution is -2.51. The third kappa shape index (κ3) is 9.39. The summed E-state index contributed by atoms with van der Waals surface area (Å²) in [6.45, 7) is 15.4. The number of ketones is 1. The molecular formula is C28H46N4O6. The molecule has 0 atom stereocenters. The number of anilines is 1. The van der Waals surface area contributed by atoms with E-state index in [-0.39, 0.29) is 11.9 Å². The lowest BCUT2D eigenvalue weighted by Gasteiger charge is -2.39. The van der Waals surface area contributed by atoms with E-state index in [1.165, 1.54) is 0 Å². The van der Waals surface area contributed by atoms with E-state index >= 15 is 0 Å². The first-order valence-electron chi connectivity index (χ1n) is 13.9. The van der Waals surface area contributed by atoms with Crippen LogP contribution in [-0.2, 0) is 14.2 Å². The van der Waals surface area contributed by atoms with Gasteiger partial charge >= 0.3 is 6.09 Å². The molecule has 2 aliphatic heterocycles. The minimum atomic E-state index is -0.464. The Balaban J connectivity index is 1.47. The Morgan fingerprint density at radius 2 is 1.68 bits per heavy atom. The Kier molecular flexibility index (Phi) is 11.6. The number of piperazine rings is 1. The number of carbonyl (C=O) groups excluding carboxylic acids is 2. The Labute approximate surface area is 227 Å². The molecule has 10 heteroatoms. The standard InChI is InChI=1S/C28H46N4O6/c1-6-24(33)23-20-29-26(19-25(23)37-18-17-36-16-15-35-5)31-9-7-22(8-10-31)21-30-11-13-32(14-12-30)27(34)38-28(2,3)4/h19-20,22H,6-18,21H2,1-5H3. The number of piperidine rings is 1. The van der Waals surface area contributed by atoms with Crippen LogP contribution in [0.15, 0.2) is 12.3 Å². The molecule has 0 unspecified atom stereocenters. The molecule has 10 nitrogen and oxygen atoms in total. The second kappa shape index (κ2) is 14.6. The highest BCUT2D eigenvalue weighted by Gasteiger charge is 2.28. The highest BCUT2D eigenvalue weighted by Crippen LogP contribution is 2.28. The highest BCUT2D eigenvalue weighted by molar-refractivity contribution is 5.98. The number of hydrogen-bond donors (Lipinski definition) is 0. The lowest BCUT2D eigenvalue weighted by atomic mass is 9.96. The van der Waals surface area contributed by atoms with Crippen LogP contribution >= 0.6 is 0 Å². The molecule has 3 heterocycles. The fourth-order valence-corrected chi connectivity index (χ4v) is 4.72. The maximum Gasteiger partial charge on any atom is 0.410 e. The van der Waals surface area contributed by atoms with Crippen LogP contribution < -0.4 is 9.64 Å². The first-order valence-corrected chi connectivity index (χ1v) is 13.9. The van der Waals surface area contributed by atoms with Crippen molar-refractivity contribution in [2.75, 3.05) is 84.3 Å². The second-order valence-corrected chi connectivity index (χ2v) is 11.0. The quantitative estimate of drug-likeness (QED) is 0.295. The molecule has 1 aromatic rings. The zero-order chi connectivity index (χ0) is 27.5. The average molecular weight is 535 g/mol. The summed E-state index contributed by atoms with van der Waals surface area (Å²) in [5.74, 6) is 2.05. The van der Waals surface area contributed by atoms with Gasteiger partial charge in [0.2, 0.25) is 0 Å². The van der Waals surface area contributed by atoms with Gasteiger partial charge in [-0.05, 0) is 39.5 Å². The molecule has 3 rings (SSSR count). The minimum Gasteiger partial charge on any atom is -0.490 e. The summed E-state index contributed by atoms with van der Waals surface area (Å²) in [7, 11) is 1.64. The van der Waals surface area contributed by atoms with Crippen molar-refractivity contribution in [3.63, 3.8) is 0 Å². The van der Waals surface area contributed by atoms with Crippen molar-refractivity contribution in [1.29, 1.82) is 0 Å². The smallest absolute Gasteiger partial charge is 0.410 e. The number of nitrogens with zero attached hydrogens (tertiary/aromatic N) is 4. The molecule has 0 aromatic carbocycles. The van der Waals surface area contributed by atoms with Gasteiger partial charge in [0, 0.05) is 71.6 Å². The predicted molar refractivity (Wildman–Crippen MR) is 146 cm³/mol. The Morgan fingerprint density at radius 3 is 2.32 bits per heavy atom. The maximum atomic E-state index is 12.4. The van der Waals surface area contributed by atoms with Crippen LogP contribution in [0.1, 0.15) is 57.3 Å². The molecule has 2 saturated heterocycles. The van der Waals surface area contributed by atoms with Gasteiger partial charge in [-0.3, -0.25) is 9.69 Å². The van der Waals surface area contributed by atoms with Gasteiger partial charge in [0.25, 0.3) is 0 Å². The number of pyridine rings is 1. The van der Waals surface area contributed by atoms with Crippen LogP contribution in [0.4, 0.5) is 10.6 Å². The van der Waals surface area contributed by atoms with Crippen LogP contribution in [0.2, 0.25) is 0 Å². The average Bonchev–Trinajstić information content (AvgIpc) is 2.90. The minimum absolute atomic E-state index is 0.0184. The van der Waals surface area contributed by atoms with Crippen LogP contribution in [0.5, 0.6) is 5.75 Å². The van der Waals surface area contributed by atoms with Gasteiger partial charge < -0.3 is 28.7 Å². The van der Waals surface area contributed by atoms with Crippen molar-refractivity contribution in [2.24, 2.45) is 5.92 Å². The molecular weight excluding hydrogens is 488 g/mol. The first kappa shape index (κ1) is 30.1. The summed E-state index contributed by atoms with van der Waals surface area (Å²) < 4.78 is 21.9. The lowest BCUT2D eigenvalue weighted by molar-refractivity contribution is 0.0130. The normalized spacial score (nSPS) is 17.5. The van der Waals surface area contributed by atoms with Gasteiger partial charge in [-0.25, -0.2) is 9.78 Å². The molecule has 0 bridgehead atoms. The van der Waals surface area contributed by atoms with Crippen LogP contribution in [0.25, 0.3) is 0 Å². The zero-order valence-corrected chi connectivity index (χ0v) is 23.9. The van der Waals surface area contributed by atoms with E-state index in [4.69, 9.17) is 18.9 Å². The summed E-state index contributed by atoms with van der Waals surface area (Å²) in [5, 5.41) is 0. The third-order valence-electron chi connectivity index (χ3n) is 6.87. The van der Waals surface area contributed by atoms with Crippen molar-refractivity contribution < 1.29 is 28.5 Å². The highest BCUT2D eigenvalue weighted by atomic mass is 16.6. The second-order valence-electron chi connectivity index (χ2n) is 11.0. The summed E-state index contributed by atoms with van der Waals surface area (Å²) in [4.78, 5) is 35.9. The van der Waals surface area contributed by atoms with E-state index in [1.54, 1.807) is 13.3 Å². The first-order chi connectivity index (χ1) is 18.2. The van der Waals surface area contributed by atoms with E-state index in [1.807, 2.05) is 38.7 Å². The number of carbonyl (C=O) groups is 2. The van der Waals surface area contributed by atoms with Crippen molar-refractivity contribution in [3.05, 3.63) is 17.8 Å². The number of Topliss-reactive ketones (excluding diaryl/α,β-unsaturated/α-hetero) is 1. The van der Waals surface area contributed by atoms with Gasteiger partial charge in [0.05, 0.1) is 25.4 Å². The van der Waals surface area contributed by atoms with Gasteiger partial charge in [-0.15, -0.1) is 0 Å². The zero-order valence-electron chi connectivity index (χ0n) is 23.9. The summed E-state index contributed by atoms with van der Waals surface area (Å²) in [6, 6.07) is 1.90. The van der Waals surface area contributed by atoms with E-state index in [0.717, 1.165) is 51.4 Å². The predicted octanol–water partition coefficient (Wildman–Crippen LogP) is 3.49. The molecule has 0 saturated carbocycles. The van der Waals surface area contributed by atoms with Crippen molar-refractivity contribution in [1.82, 2.24) is 14.8 Å². The number of methoxy groups -OCH3 is 1. The van der Waals surface area contributed by atoms with Crippen LogP contribution in [0, 0.1) is 5.92 Å². The fourth-order valence-electron chi connectivity index (χ4n) is 4.72. The number of rotatable bonds is 12. The van der Waals surface area contributed by atoms with Gasteiger partial charge in [0.1, 0.15) is 23.8 Å². The SMILES string of the molecule is CCC(=O)c1cnc(N2CCC(CN3CCN(C(=O)OC(C)(C)C)CC3)CC2)cc1OCCOCCOC. The summed E-state index contributed by atoms with van der Waals surface area (Å²) in [6.07, 6.45) is 3.99. The molecule has 2 aliphatic rings. The monoisotopic (exact) mass is 534 g/mol. The molecule has 0 N–H and O–H groups in total. The summed E-state index contributed by atoms with van der Waals surface area (Å²) >= 11 is 0. The fraction of sp³-hybridized carbons (Fsp3) is 0.750. The third-order valence-corrected chi connectivity index (χ3v) is 6.87.